The number of carbonyl (C=O) groups excluding carboxylic acids is 1. The van der Waals surface area contributed by atoms with Gasteiger partial charge in [-0.05, 0) is 31.0 Å². The van der Waals surface area contributed by atoms with Gasteiger partial charge in [0.1, 0.15) is 0 Å². The smallest absolute Gasteiger partial charge is 0.258 e. The highest BCUT2D eigenvalue weighted by Crippen LogP contribution is 2.27. The van der Waals surface area contributed by atoms with E-state index in [1.165, 1.54) is 0 Å². The van der Waals surface area contributed by atoms with Crippen molar-refractivity contribution in [3.63, 3.8) is 0 Å². The molecular formula is C16H18ClN3O2S. The van der Waals surface area contributed by atoms with Gasteiger partial charge in [0.15, 0.2) is 5.82 Å². The Hall–Kier alpha value is -1.53. The van der Waals surface area contributed by atoms with Gasteiger partial charge in [-0.15, -0.1) is 0 Å². The molecule has 122 valence electrons. The molecule has 5 nitrogen and oxygen atoms in total. The lowest BCUT2D eigenvalue weighted by Gasteiger charge is -2.30. The van der Waals surface area contributed by atoms with Crippen LogP contribution < -0.4 is 0 Å². The van der Waals surface area contributed by atoms with Gasteiger partial charge in [-0.2, -0.15) is 16.7 Å². The molecule has 0 N–H and O–H groups in total. The van der Waals surface area contributed by atoms with Crippen LogP contribution in [0, 0.1) is 0 Å². The fourth-order valence-electron chi connectivity index (χ4n) is 2.58. The van der Waals surface area contributed by atoms with Gasteiger partial charge < -0.3 is 9.42 Å². The van der Waals surface area contributed by atoms with Crippen molar-refractivity contribution in [2.45, 2.75) is 30.8 Å². The van der Waals surface area contributed by atoms with Crippen molar-refractivity contribution in [1.29, 1.82) is 0 Å². The molecule has 1 aromatic heterocycles. The first kappa shape index (κ1) is 16.3. The van der Waals surface area contributed by atoms with Gasteiger partial charge >= 0.3 is 0 Å². The largest absolute Gasteiger partial charge is 0.343 e. The molecular weight excluding hydrogens is 334 g/mol. The fourth-order valence-corrected chi connectivity index (χ4v) is 3.82. The molecule has 1 aliphatic heterocycles. The predicted molar refractivity (Wildman–Crippen MR) is 91.3 cm³/mol. The Balaban J connectivity index is 1.53. The van der Waals surface area contributed by atoms with Crippen LogP contribution in [-0.2, 0) is 10.5 Å². The molecule has 2 heterocycles. The number of rotatable bonds is 4. The van der Waals surface area contributed by atoms with E-state index in [1.54, 1.807) is 6.92 Å². The average Bonchev–Trinajstić information content (AvgIpc) is 3.02. The van der Waals surface area contributed by atoms with Crippen LogP contribution in [0.2, 0.25) is 5.02 Å². The predicted octanol–water partition coefficient (Wildman–Crippen LogP) is 3.63. The highest BCUT2D eigenvalue weighted by atomic mass is 35.5. The summed E-state index contributed by atoms with van der Waals surface area (Å²) in [5.41, 5.74) is 0.830. The van der Waals surface area contributed by atoms with Crippen LogP contribution in [0.25, 0.3) is 11.5 Å². The molecule has 0 atom stereocenters. The van der Waals surface area contributed by atoms with E-state index in [0.717, 1.165) is 37.2 Å². The molecule has 23 heavy (non-hydrogen) atoms. The summed E-state index contributed by atoms with van der Waals surface area (Å²) in [7, 11) is 0. The molecule has 1 amide bonds. The van der Waals surface area contributed by atoms with Crippen LogP contribution in [0.3, 0.4) is 0 Å². The molecule has 0 saturated carbocycles. The van der Waals surface area contributed by atoms with E-state index < -0.39 is 0 Å². The Morgan fingerprint density at radius 2 is 2.22 bits per heavy atom. The Bertz CT molecular complexity index is 683. The second kappa shape index (κ2) is 7.36. The summed E-state index contributed by atoms with van der Waals surface area (Å²) in [6, 6.07) is 7.38. The number of thioether (sulfide) groups is 1. The maximum Gasteiger partial charge on any atom is 0.258 e. The topological polar surface area (TPSA) is 59.2 Å². The number of nitrogens with zero attached hydrogens (tertiary/aromatic N) is 3. The zero-order valence-electron chi connectivity index (χ0n) is 12.9. The molecule has 7 heteroatoms. The van der Waals surface area contributed by atoms with E-state index in [9.17, 15) is 4.79 Å². The number of piperidine rings is 1. The summed E-state index contributed by atoms with van der Waals surface area (Å²) < 4.78 is 5.31. The number of hydrogen-bond acceptors (Lipinski definition) is 5. The van der Waals surface area contributed by atoms with Gasteiger partial charge in [0.25, 0.3) is 5.89 Å². The number of aromatic nitrogens is 2. The molecule has 1 fully saturated rings. The van der Waals surface area contributed by atoms with Crippen LogP contribution in [0.4, 0.5) is 0 Å². The Kier molecular flexibility index (Phi) is 5.23. The summed E-state index contributed by atoms with van der Waals surface area (Å²) >= 11 is 7.80. The Morgan fingerprint density at radius 3 is 2.91 bits per heavy atom. The summed E-state index contributed by atoms with van der Waals surface area (Å²) in [5.74, 6) is 2.07. The standard InChI is InChI=1S/C16H18ClN3O2S/c1-11(21)20-7-5-14(6-8-20)23-10-15-18-16(22-19-15)12-3-2-4-13(17)9-12/h2-4,9,14H,5-8,10H2,1H3. The van der Waals surface area contributed by atoms with E-state index in [4.69, 9.17) is 16.1 Å². The van der Waals surface area contributed by atoms with Gasteiger partial charge in [0.2, 0.25) is 5.91 Å². The monoisotopic (exact) mass is 351 g/mol. The van der Waals surface area contributed by atoms with E-state index in [-0.39, 0.29) is 5.91 Å². The molecule has 0 aliphatic carbocycles. The van der Waals surface area contributed by atoms with Gasteiger partial charge in [-0.1, -0.05) is 22.8 Å². The average molecular weight is 352 g/mol. The highest BCUT2D eigenvalue weighted by molar-refractivity contribution is 7.99. The van der Waals surface area contributed by atoms with Crippen molar-refractivity contribution >= 4 is 29.3 Å². The number of amides is 1. The van der Waals surface area contributed by atoms with Gasteiger partial charge in [0, 0.05) is 35.8 Å². The zero-order chi connectivity index (χ0) is 16.2. The lowest BCUT2D eigenvalue weighted by Crippen LogP contribution is -2.37. The maximum absolute atomic E-state index is 11.3. The second-order valence-electron chi connectivity index (χ2n) is 5.54. The van der Waals surface area contributed by atoms with E-state index in [1.807, 2.05) is 40.9 Å². The minimum absolute atomic E-state index is 0.165. The van der Waals surface area contributed by atoms with Crippen LogP contribution in [-0.4, -0.2) is 39.3 Å². The number of hydrogen-bond donors (Lipinski definition) is 0. The third-order valence-corrected chi connectivity index (χ3v) is 5.48. The molecule has 1 aliphatic rings. The highest BCUT2D eigenvalue weighted by Gasteiger charge is 2.21. The number of halogens is 1. The summed E-state index contributed by atoms with van der Waals surface area (Å²) in [5, 5.41) is 5.22. The first-order valence-corrected chi connectivity index (χ1v) is 9.00. The normalized spacial score (nSPS) is 15.8. The van der Waals surface area contributed by atoms with Gasteiger partial charge in [0.05, 0.1) is 5.75 Å². The van der Waals surface area contributed by atoms with Gasteiger partial charge in [-0.3, -0.25) is 4.79 Å². The van der Waals surface area contributed by atoms with Crippen molar-refractivity contribution < 1.29 is 9.32 Å². The Labute approximate surface area is 144 Å². The Morgan fingerprint density at radius 1 is 1.43 bits per heavy atom. The first-order chi connectivity index (χ1) is 11.1. The van der Waals surface area contributed by atoms with Crippen molar-refractivity contribution in [1.82, 2.24) is 15.0 Å². The minimum atomic E-state index is 0.165. The van der Waals surface area contributed by atoms with Crippen LogP contribution >= 0.6 is 23.4 Å². The van der Waals surface area contributed by atoms with Crippen molar-refractivity contribution in [3.05, 3.63) is 35.1 Å². The molecule has 3 rings (SSSR count). The van der Waals surface area contributed by atoms with Gasteiger partial charge in [-0.25, -0.2) is 0 Å². The quantitative estimate of drug-likeness (QED) is 0.841. The molecule has 1 saturated heterocycles. The van der Waals surface area contributed by atoms with Crippen molar-refractivity contribution in [2.24, 2.45) is 0 Å². The molecule has 0 radical (unpaired) electrons. The van der Waals surface area contributed by atoms with E-state index in [0.29, 0.717) is 22.0 Å². The van der Waals surface area contributed by atoms with Crippen LogP contribution in [0.5, 0.6) is 0 Å². The van der Waals surface area contributed by atoms with E-state index in [2.05, 4.69) is 10.1 Å². The molecule has 0 bridgehead atoms. The number of likely N-dealkylation sites (tertiary alicyclic amines) is 1. The maximum atomic E-state index is 11.3. The van der Waals surface area contributed by atoms with Crippen molar-refractivity contribution in [3.8, 4) is 11.5 Å². The first-order valence-electron chi connectivity index (χ1n) is 7.57. The molecule has 0 unspecified atom stereocenters. The third kappa shape index (κ3) is 4.26. The molecule has 2 aromatic rings. The lowest BCUT2D eigenvalue weighted by atomic mass is 10.1. The fraction of sp³-hybridized carbons (Fsp3) is 0.438. The third-order valence-electron chi connectivity index (χ3n) is 3.88. The molecule has 0 spiro atoms. The number of carbonyl (C=O) groups is 1. The zero-order valence-corrected chi connectivity index (χ0v) is 14.4. The second-order valence-corrected chi connectivity index (χ2v) is 7.27. The van der Waals surface area contributed by atoms with Crippen LogP contribution in [0.1, 0.15) is 25.6 Å². The SMILES string of the molecule is CC(=O)N1CCC(SCc2noc(-c3cccc(Cl)c3)n2)CC1. The summed E-state index contributed by atoms with van der Waals surface area (Å²) in [6.45, 7) is 3.31. The number of benzene rings is 1. The minimum Gasteiger partial charge on any atom is -0.343 e. The van der Waals surface area contributed by atoms with Crippen LogP contribution in [0.15, 0.2) is 28.8 Å². The molecule has 1 aromatic carbocycles. The van der Waals surface area contributed by atoms with Crippen molar-refractivity contribution in [2.75, 3.05) is 13.1 Å². The van der Waals surface area contributed by atoms with E-state index >= 15 is 0 Å². The summed E-state index contributed by atoms with van der Waals surface area (Å²) in [6.07, 6.45) is 2.03. The summed E-state index contributed by atoms with van der Waals surface area (Å²) in [4.78, 5) is 17.7. The lowest BCUT2D eigenvalue weighted by molar-refractivity contribution is -0.129.